The van der Waals surface area contributed by atoms with E-state index in [1.807, 2.05) is 0 Å². The van der Waals surface area contributed by atoms with E-state index < -0.39 is 12.0 Å². The molecule has 0 aliphatic heterocycles. The molecule has 0 aliphatic rings. The molecule has 0 heterocycles. The highest BCUT2D eigenvalue weighted by atomic mass is 32.2. The largest absolute Gasteiger partial charge is 0.480 e. The van der Waals surface area contributed by atoms with E-state index in [9.17, 15) is 14.4 Å². The Hall–Kier alpha value is -1.24. The van der Waals surface area contributed by atoms with E-state index in [0.717, 1.165) is 0 Å². The van der Waals surface area contributed by atoms with Crippen LogP contribution < -0.4 is 5.32 Å². The smallest absolute Gasteiger partial charge is 0.326 e. The van der Waals surface area contributed by atoms with Crippen molar-refractivity contribution in [3.8, 4) is 0 Å². The summed E-state index contributed by atoms with van der Waals surface area (Å²) in [5.74, 6) is -0.608. The Kier molecular flexibility index (Phi) is 7.36. The summed E-state index contributed by atoms with van der Waals surface area (Å²) in [6.07, 6.45) is 0.306. The topological polar surface area (TPSA) is 86.7 Å². The van der Waals surface area contributed by atoms with Crippen molar-refractivity contribution in [1.82, 2.24) is 10.2 Å². The van der Waals surface area contributed by atoms with Crippen LogP contribution in [-0.4, -0.2) is 59.4 Å². The minimum Gasteiger partial charge on any atom is -0.480 e. The zero-order chi connectivity index (χ0) is 13.4. The van der Waals surface area contributed by atoms with Crippen molar-refractivity contribution < 1.29 is 19.5 Å². The van der Waals surface area contributed by atoms with Gasteiger partial charge in [-0.3, -0.25) is 9.59 Å². The summed E-state index contributed by atoms with van der Waals surface area (Å²) in [6, 6.07) is -0.880. The number of carboxylic acids is 1. The maximum atomic E-state index is 11.2. The van der Waals surface area contributed by atoms with Crippen LogP contribution >= 0.6 is 11.8 Å². The van der Waals surface area contributed by atoms with E-state index in [-0.39, 0.29) is 11.8 Å². The number of carbonyl (C=O) groups is 3. The molecule has 2 N–H and O–H groups in total. The van der Waals surface area contributed by atoms with Crippen LogP contribution in [0.2, 0.25) is 0 Å². The lowest BCUT2D eigenvalue weighted by atomic mass is 10.2. The summed E-state index contributed by atoms with van der Waals surface area (Å²) in [6.45, 7) is 1.28. The first-order valence-electron chi connectivity index (χ1n) is 5.12. The Morgan fingerprint density at radius 1 is 1.35 bits per heavy atom. The molecule has 0 fully saturated rings. The Morgan fingerprint density at radius 2 is 1.94 bits per heavy atom. The van der Waals surface area contributed by atoms with E-state index in [1.165, 1.54) is 23.6 Å². The molecule has 6 nitrogen and oxygen atoms in total. The highest BCUT2D eigenvalue weighted by Crippen LogP contribution is 2.06. The van der Waals surface area contributed by atoms with E-state index >= 15 is 0 Å². The number of amides is 2. The van der Waals surface area contributed by atoms with E-state index in [4.69, 9.17) is 5.11 Å². The van der Waals surface area contributed by atoms with Crippen molar-refractivity contribution in [2.24, 2.45) is 0 Å². The zero-order valence-electron chi connectivity index (χ0n) is 10.2. The third-order valence-corrected chi connectivity index (χ3v) is 2.93. The summed E-state index contributed by atoms with van der Waals surface area (Å²) in [4.78, 5) is 34.2. The predicted octanol–water partition coefficient (Wildman–Crippen LogP) is -0.213. The minimum absolute atomic E-state index is 0.0126. The van der Waals surface area contributed by atoms with Gasteiger partial charge in [0.15, 0.2) is 0 Å². The first-order chi connectivity index (χ1) is 7.84. The molecule has 0 saturated heterocycles. The average Bonchev–Trinajstić information content (AvgIpc) is 2.21. The zero-order valence-corrected chi connectivity index (χ0v) is 11.0. The maximum absolute atomic E-state index is 11.2. The van der Waals surface area contributed by atoms with Crippen molar-refractivity contribution >= 4 is 29.5 Å². The number of nitrogens with zero attached hydrogens (tertiary/aromatic N) is 1. The molecule has 0 saturated carbocycles. The normalized spacial score (nSPS) is 11.7. The first kappa shape index (κ1) is 15.8. The minimum atomic E-state index is -1.06. The van der Waals surface area contributed by atoms with Crippen molar-refractivity contribution in [2.45, 2.75) is 19.4 Å². The molecule has 0 bridgehead atoms. The molecular formula is C10H18N2O4S. The predicted molar refractivity (Wildman–Crippen MR) is 65.9 cm³/mol. The van der Waals surface area contributed by atoms with Crippen LogP contribution in [-0.2, 0) is 14.4 Å². The van der Waals surface area contributed by atoms with Crippen LogP contribution in [0.5, 0.6) is 0 Å². The van der Waals surface area contributed by atoms with Crippen LogP contribution in [0.15, 0.2) is 0 Å². The molecule has 0 radical (unpaired) electrons. The van der Waals surface area contributed by atoms with Gasteiger partial charge in [0.1, 0.15) is 6.04 Å². The highest BCUT2D eigenvalue weighted by molar-refractivity contribution is 7.99. The molecule has 7 heteroatoms. The lowest BCUT2D eigenvalue weighted by molar-refractivity contribution is -0.141. The number of carbonyl (C=O) groups excluding carboxylic acids is 2. The Morgan fingerprint density at radius 3 is 2.35 bits per heavy atom. The molecule has 17 heavy (non-hydrogen) atoms. The van der Waals surface area contributed by atoms with Gasteiger partial charge in [-0.15, -0.1) is 0 Å². The molecule has 1 atom stereocenters. The van der Waals surface area contributed by atoms with Crippen molar-refractivity contribution in [2.75, 3.05) is 25.6 Å². The molecule has 0 aromatic heterocycles. The van der Waals surface area contributed by atoms with Crippen LogP contribution in [0.3, 0.4) is 0 Å². The maximum Gasteiger partial charge on any atom is 0.326 e. The van der Waals surface area contributed by atoms with Gasteiger partial charge < -0.3 is 15.3 Å². The number of carboxylic acid groups (broad SMARTS) is 1. The summed E-state index contributed by atoms with van der Waals surface area (Å²) in [5.41, 5.74) is 0. The van der Waals surface area contributed by atoms with Gasteiger partial charge in [0, 0.05) is 21.0 Å². The Balaban J connectivity index is 3.87. The van der Waals surface area contributed by atoms with Crippen molar-refractivity contribution in [1.29, 1.82) is 0 Å². The number of thioether (sulfide) groups is 1. The first-order valence-corrected chi connectivity index (χ1v) is 6.28. The molecule has 0 aromatic rings. The highest BCUT2D eigenvalue weighted by Gasteiger charge is 2.17. The Bertz CT molecular complexity index is 294. The summed E-state index contributed by atoms with van der Waals surface area (Å²) in [5, 5.41) is 11.2. The van der Waals surface area contributed by atoms with Crippen LogP contribution in [0, 0.1) is 0 Å². The molecule has 98 valence electrons. The number of hydrogen-bond donors (Lipinski definition) is 2. The lowest BCUT2D eigenvalue weighted by Crippen LogP contribution is -2.40. The second kappa shape index (κ2) is 7.94. The van der Waals surface area contributed by atoms with Gasteiger partial charge in [-0.2, -0.15) is 11.8 Å². The lowest BCUT2D eigenvalue weighted by Gasteiger charge is -2.13. The van der Waals surface area contributed by atoms with Crippen LogP contribution in [0.1, 0.15) is 13.3 Å². The van der Waals surface area contributed by atoms with Gasteiger partial charge in [-0.25, -0.2) is 4.79 Å². The fraction of sp³-hybridized carbons (Fsp3) is 0.700. The molecule has 1 unspecified atom stereocenters. The number of hydrogen-bond acceptors (Lipinski definition) is 4. The van der Waals surface area contributed by atoms with Gasteiger partial charge in [0.25, 0.3) is 0 Å². The third kappa shape index (κ3) is 7.62. The van der Waals surface area contributed by atoms with Crippen molar-refractivity contribution in [3.05, 3.63) is 0 Å². The van der Waals surface area contributed by atoms with Gasteiger partial charge in [-0.05, 0) is 12.2 Å². The summed E-state index contributed by atoms with van der Waals surface area (Å²) >= 11 is 1.36. The number of nitrogens with one attached hydrogen (secondary N) is 1. The molecular weight excluding hydrogens is 244 g/mol. The molecule has 2 amide bonds. The average molecular weight is 262 g/mol. The van der Waals surface area contributed by atoms with Crippen LogP contribution in [0.4, 0.5) is 0 Å². The third-order valence-electron chi connectivity index (χ3n) is 1.95. The molecule has 0 aromatic carbocycles. The summed E-state index contributed by atoms with van der Waals surface area (Å²) in [7, 11) is 3.33. The molecule has 0 rings (SSSR count). The number of rotatable bonds is 7. The van der Waals surface area contributed by atoms with E-state index in [2.05, 4.69) is 5.32 Å². The molecule has 0 spiro atoms. The van der Waals surface area contributed by atoms with Crippen molar-refractivity contribution in [3.63, 3.8) is 0 Å². The molecule has 0 aliphatic carbocycles. The fourth-order valence-electron chi connectivity index (χ4n) is 0.993. The second-order valence-corrected chi connectivity index (χ2v) is 4.83. The van der Waals surface area contributed by atoms with Gasteiger partial charge in [-0.1, -0.05) is 0 Å². The van der Waals surface area contributed by atoms with Gasteiger partial charge in [0.2, 0.25) is 11.8 Å². The quantitative estimate of drug-likeness (QED) is 0.620. The summed E-state index contributed by atoms with van der Waals surface area (Å²) < 4.78 is 0. The van der Waals surface area contributed by atoms with E-state index in [0.29, 0.717) is 17.9 Å². The van der Waals surface area contributed by atoms with Gasteiger partial charge in [0.05, 0.1) is 5.75 Å². The second-order valence-electron chi connectivity index (χ2n) is 3.72. The van der Waals surface area contributed by atoms with E-state index in [1.54, 1.807) is 14.1 Å². The fourth-order valence-corrected chi connectivity index (χ4v) is 1.97. The van der Waals surface area contributed by atoms with Crippen LogP contribution in [0.25, 0.3) is 0 Å². The number of aliphatic carboxylic acids is 1. The SMILES string of the molecule is CC(=O)NC(CCSCC(=O)N(C)C)C(=O)O. The van der Waals surface area contributed by atoms with Gasteiger partial charge >= 0.3 is 5.97 Å². The standard InChI is InChI=1S/C10H18N2O4S/c1-7(13)11-8(10(15)16)4-5-17-6-9(14)12(2)3/h8H,4-6H2,1-3H3,(H,11,13)(H,15,16). The Labute approximate surface area is 105 Å². The monoisotopic (exact) mass is 262 g/mol.